The standard InChI is InChI=1S/C18H20N2O3/c21-13-7-12-16(14-8-3-1-4-9-14)20-18(23)17(22)19-15-10-5-2-6-11-15/h1-6,8-11,16,21H,7,12-13H2,(H,19,22)(H,20,23). The summed E-state index contributed by atoms with van der Waals surface area (Å²) in [5, 5.41) is 14.3. The van der Waals surface area contributed by atoms with Gasteiger partial charge >= 0.3 is 11.8 Å². The Morgan fingerprint density at radius 2 is 1.52 bits per heavy atom. The Bertz CT molecular complexity index is 629. The number of para-hydroxylation sites is 1. The van der Waals surface area contributed by atoms with Gasteiger partial charge in [0.1, 0.15) is 0 Å². The molecule has 0 aliphatic rings. The zero-order valence-electron chi connectivity index (χ0n) is 12.7. The van der Waals surface area contributed by atoms with Crippen LogP contribution in [-0.2, 0) is 9.59 Å². The molecule has 0 aliphatic heterocycles. The van der Waals surface area contributed by atoms with Crippen LogP contribution >= 0.6 is 0 Å². The molecule has 5 nitrogen and oxygen atoms in total. The Hall–Kier alpha value is -2.66. The van der Waals surface area contributed by atoms with E-state index in [0.717, 1.165) is 5.56 Å². The van der Waals surface area contributed by atoms with E-state index in [2.05, 4.69) is 10.6 Å². The third-order valence-corrected chi connectivity index (χ3v) is 3.40. The number of anilines is 1. The fourth-order valence-electron chi connectivity index (χ4n) is 2.24. The summed E-state index contributed by atoms with van der Waals surface area (Å²) in [5.74, 6) is -1.40. The number of aliphatic hydroxyl groups is 1. The van der Waals surface area contributed by atoms with Crippen molar-refractivity contribution in [1.82, 2.24) is 5.32 Å². The molecule has 0 spiro atoms. The molecule has 0 saturated carbocycles. The largest absolute Gasteiger partial charge is 0.396 e. The van der Waals surface area contributed by atoms with E-state index in [1.165, 1.54) is 0 Å². The number of hydrogen-bond donors (Lipinski definition) is 3. The van der Waals surface area contributed by atoms with Crippen molar-refractivity contribution in [3.63, 3.8) is 0 Å². The second kappa shape index (κ2) is 8.70. The zero-order valence-corrected chi connectivity index (χ0v) is 12.7. The average molecular weight is 312 g/mol. The molecule has 0 aliphatic carbocycles. The van der Waals surface area contributed by atoms with Gasteiger partial charge in [0.25, 0.3) is 0 Å². The zero-order chi connectivity index (χ0) is 16.5. The number of carbonyl (C=O) groups excluding carboxylic acids is 2. The van der Waals surface area contributed by atoms with Crippen LogP contribution in [0, 0.1) is 0 Å². The first-order valence-corrected chi connectivity index (χ1v) is 7.53. The maximum absolute atomic E-state index is 12.1. The van der Waals surface area contributed by atoms with Gasteiger partial charge in [0.15, 0.2) is 0 Å². The van der Waals surface area contributed by atoms with Crippen LogP contribution in [0.25, 0.3) is 0 Å². The minimum absolute atomic E-state index is 0.0371. The van der Waals surface area contributed by atoms with E-state index in [0.29, 0.717) is 18.5 Å². The molecule has 2 aromatic carbocycles. The molecule has 0 saturated heterocycles. The highest BCUT2D eigenvalue weighted by Gasteiger charge is 2.19. The maximum atomic E-state index is 12.1. The SMILES string of the molecule is O=C(Nc1ccccc1)C(=O)NC(CCCO)c1ccccc1. The lowest BCUT2D eigenvalue weighted by atomic mass is 10.0. The Balaban J connectivity index is 2.00. The summed E-state index contributed by atoms with van der Waals surface area (Å²) in [6, 6.07) is 17.9. The molecule has 5 heteroatoms. The summed E-state index contributed by atoms with van der Waals surface area (Å²) >= 11 is 0. The third kappa shape index (κ3) is 5.23. The van der Waals surface area contributed by atoms with Crippen LogP contribution in [0.15, 0.2) is 60.7 Å². The minimum atomic E-state index is -0.707. The van der Waals surface area contributed by atoms with Crippen LogP contribution in [0.2, 0.25) is 0 Å². The normalized spacial score (nSPS) is 11.5. The number of carbonyl (C=O) groups is 2. The molecule has 0 radical (unpaired) electrons. The van der Waals surface area contributed by atoms with Crippen LogP contribution in [0.5, 0.6) is 0 Å². The van der Waals surface area contributed by atoms with E-state index < -0.39 is 11.8 Å². The molecule has 2 amide bonds. The Kier molecular flexibility index (Phi) is 6.32. The number of hydrogen-bond acceptors (Lipinski definition) is 3. The lowest BCUT2D eigenvalue weighted by molar-refractivity contribution is -0.136. The van der Waals surface area contributed by atoms with Crippen molar-refractivity contribution in [2.75, 3.05) is 11.9 Å². The quantitative estimate of drug-likeness (QED) is 0.716. The summed E-state index contributed by atoms with van der Waals surface area (Å²) in [5.41, 5.74) is 1.47. The summed E-state index contributed by atoms with van der Waals surface area (Å²) in [7, 11) is 0. The molecule has 1 atom stereocenters. The van der Waals surface area contributed by atoms with Crippen molar-refractivity contribution in [2.45, 2.75) is 18.9 Å². The second-order valence-electron chi connectivity index (χ2n) is 5.12. The maximum Gasteiger partial charge on any atom is 0.313 e. The number of benzene rings is 2. The molecule has 0 fully saturated rings. The van der Waals surface area contributed by atoms with E-state index in [1.54, 1.807) is 24.3 Å². The predicted octanol–water partition coefficient (Wildman–Crippen LogP) is 2.26. The lowest BCUT2D eigenvalue weighted by Crippen LogP contribution is -2.37. The molecule has 0 bridgehead atoms. The van der Waals surface area contributed by atoms with Crippen molar-refractivity contribution < 1.29 is 14.7 Å². The number of aliphatic hydroxyl groups excluding tert-OH is 1. The highest BCUT2D eigenvalue weighted by molar-refractivity contribution is 6.39. The average Bonchev–Trinajstić information content (AvgIpc) is 2.60. The monoisotopic (exact) mass is 312 g/mol. The van der Waals surface area contributed by atoms with E-state index in [1.807, 2.05) is 36.4 Å². The van der Waals surface area contributed by atoms with Gasteiger partial charge in [-0.3, -0.25) is 9.59 Å². The third-order valence-electron chi connectivity index (χ3n) is 3.40. The highest BCUT2D eigenvalue weighted by atomic mass is 16.3. The van der Waals surface area contributed by atoms with Crippen LogP contribution in [-0.4, -0.2) is 23.5 Å². The Labute approximate surface area is 135 Å². The molecule has 0 aromatic heterocycles. The Morgan fingerprint density at radius 3 is 2.13 bits per heavy atom. The van der Waals surface area contributed by atoms with Gasteiger partial charge in [-0.05, 0) is 30.5 Å². The molecule has 1 unspecified atom stereocenters. The van der Waals surface area contributed by atoms with Crippen molar-refractivity contribution in [3.8, 4) is 0 Å². The van der Waals surface area contributed by atoms with Crippen molar-refractivity contribution in [1.29, 1.82) is 0 Å². The first-order chi connectivity index (χ1) is 11.2. The molecule has 23 heavy (non-hydrogen) atoms. The molecule has 2 rings (SSSR count). The predicted molar refractivity (Wildman–Crippen MR) is 88.7 cm³/mol. The summed E-state index contributed by atoms with van der Waals surface area (Å²) in [6.07, 6.45) is 1.10. The topological polar surface area (TPSA) is 78.4 Å². The number of nitrogens with one attached hydrogen (secondary N) is 2. The summed E-state index contributed by atoms with van der Waals surface area (Å²) < 4.78 is 0. The molecular formula is C18H20N2O3. The molecule has 2 aromatic rings. The van der Waals surface area contributed by atoms with Crippen LogP contribution < -0.4 is 10.6 Å². The van der Waals surface area contributed by atoms with E-state index in [9.17, 15) is 9.59 Å². The molecule has 120 valence electrons. The van der Waals surface area contributed by atoms with Crippen LogP contribution in [0.3, 0.4) is 0 Å². The van der Waals surface area contributed by atoms with Crippen LogP contribution in [0.4, 0.5) is 5.69 Å². The van der Waals surface area contributed by atoms with Gasteiger partial charge in [-0.25, -0.2) is 0 Å². The van der Waals surface area contributed by atoms with Crippen LogP contribution in [0.1, 0.15) is 24.4 Å². The lowest BCUT2D eigenvalue weighted by Gasteiger charge is -2.18. The summed E-state index contributed by atoms with van der Waals surface area (Å²) in [6.45, 7) is 0.0371. The van der Waals surface area contributed by atoms with Crippen molar-refractivity contribution in [2.24, 2.45) is 0 Å². The second-order valence-corrected chi connectivity index (χ2v) is 5.12. The first kappa shape index (κ1) is 16.7. The van der Waals surface area contributed by atoms with Gasteiger partial charge in [0, 0.05) is 12.3 Å². The van der Waals surface area contributed by atoms with Gasteiger partial charge in [-0.1, -0.05) is 48.5 Å². The highest BCUT2D eigenvalue weighted by Crippen LogP contribution is 2.18. The van der Waals surface area contributed by atoms with E-state index in [4.69, 9.17) is 5.11 Å². The van der Waals surface area contributed by atoms with Crippen molar-refractivity contribution >= 4 is 17.5 Å². The van der Waals surface area contributed by atoms with Gasteiger partial charge in [0.2, 0.25) is 0 Å². The Morgan fingerprint density at radius 1 is 0.913 bits per heavy atom. The van der Waals surface area contributed by atoms with Gasteiger partial charge in [-0.2, -0.15) is 0 Å². The van der Waals surface area contributed by atoms with Gasteiger partial charge in [-0.15, -0.1) is 0 Å². The summed E-state index contributed by atoms with van der Waals surface area (Å²) in [4.78, 5) is 24.1. The molecular weight excluding hydrogens is 292 g/mol. The fourth-order valence-corrected chi connectivity index (χ4v) is 2.24. The smallest absolute Gasteiger partial charge is 0.313 e. The van der Waals surface area contributed by atoms with Gasteiger partial charge in [0.05, 0.1) is 6.04 Å². The molecule has 0 heterocycles. The van der Waals surface area contributed by atoms with Crippen molar-refractivity contribution in [3.05, 3.63) is 66.2 Å². The molecule has 3 N–H and O–H groups in total. The minimum Gasteiger partial charge on any atom is -0.396 e. The number of amides is 2. The van der Waals surface area contributed by atoms with E-state index >= 15 is 0 Å². The fraction of sp³-hybridized carbons (Fsp3) is 0.222. The van der Waals surface area contributed by atoms with Gasteiger partial charge < -0.3 is 15.7 Å². The first-order valence-electron chi connectivity index (χ1n) is 7.53. The number of rotatable bonds is 6. The van der Waals surface area contributed by atoms with E-state index in [-0.39, 0.29) is 12.6 Å².